The fourth-order valence-electron chi connectivity index (χ4n) is 1.78. The van der Waals surface area contributed by atoms with Gasteiger partial charge in [0.2, 0.25) is 0 Å². The van der Waals surface area contributed by atoms with Crippen molar-refractivity contribution in [3.8, 4) is 0 Å². The summed E-state index contributed by atoms with van der Waals surface area (Å²) in [5, 5.41) is 8.29. The first kappa shape index (κ1) is 10.5. The first-order valence-electron chi connectivity index (χ1n) is 5.74. The summed E-state index contributed by atoms with van der Waals surface area (Å²) in [6.45, 7) is 0. The molecule has 0 bridgehead atoms. The number of nitrogens with zero attached hydrogens (tertiary/aromatic N) is 1. The molecule has 0 atom stereocenters. The first-order valence-corrected chi connectivity index (χ1v) is 6.15. The maximum absolute atomic E-state index is 5.27. The lowest BCUT2D eigenvalue weighted by Crippen LogP contribution is -2.30. The number of rotatable bonds is 2. The zero-order chi connectivity index (χ0) is 11.7. The van der Waals surface area contributed by atoms with Crippen molar-refractivity contribution in [1.82, 2.24) is 10.3 Å². The largest absolute Gasteiger partial charge is 0.360 e. The van der Waals surface area contributed by atoms with Gasteiger partial charge < -0.3 is 10.6 Å². The van der Waals surface area contributed by atoms with E-state index >= 15 is 0 Å². The Hall–Kier alpha value is -1.68. The molecule has 1 fully saturated rings. The van der Waals surface area contributed by atoms with Gasteiger partial charge in [-0.05, 0) is 49.3 Å². The van der Waals surface area contributed by atoms with Gasteiger partial charge >= 0.3 is 0 Å². The molecule has 0 aliphatic heterocycles. The lowest BCUT2D eigenvalue weighted by molar-refractivity contribution is 0.919. The molecule has 3 rings (SSSR count). The molecule has 2 aromatic rings. The van der Waals surface area contributed by atoms with Gasteiger partial charge in [-0.25, -0.2) is 0 Å². The Kier molecular flexibility index (Phi) is 2.65. The number of nitrogens with one attached hydrogen (secondary N) is 2. The van der Waals surface area contributed by atoms with Crippen molar-refractivity contribution >= 4 is 33.9 Å². The summed E-state index contributed by atoms with van der Waals surface area (Å²) in [7, 11) is 0. The fraction of sp³-hybridized carbons (Fsp3) is 0.231. The standard InChI is InChI=1S/C13H13N3S/c17-13(15-9-6-7-9)16-12-5-1-4-11-10(12)3-2-8-14-11/h1-5,8-9H,6-7H2,(H2,15,16,17). The van der Waals surface area contributed by atoms with Gasteiger partial charge in [-0.15, -0.1) is 0 Å². The highest BCUT2D eigenvalue weighted by atomic mass is 32.1. The Labute approximate surface area is 105 Å². The summed E-state index contributed by atoms with van der Waals surface area (Å²) >= 11 is 5.27. The molecule has 1 heterocycles. The molecule has 17 heavy (non-hydrogen) atoms. The molecule has 0 amide bonds. The van der Waals surface area contributed by atoms with Gasteiger partial charge in [0.15, 0.2) is 5.11 Å². The van der Waals surface area contributed by atoms with Crippen molar-refractivity contribution in [2.75, 3.05) is 5.32 Å². The third-order valence-electron chi connectivity index (χ3n) is 2.81. The molecule has 1 aliphatic carbocycles. The van der Waals surface area contributed by atoms with Crippen LogP contribution in [0.25, 0.3) is 10.9 Å². The van der Waals surface area contributed by atoms with E-state index in [2.05, 4.69) is 15.6 Å². The number of anilines is 1. The molecule has 0 unspecified atom stereocenters. The van der Waals surface area contributed by atoms with E-state index in [9.17, 15) is 0 Å². The van der Waals surface area contributed by atoms with Crippen LogP contribution in [0.3, 0.4) is 0 Å². The molecule has 1 aromatic heterocycles. The number of benzene rings is 1. The first-order chi connectivity index (χ1) is 8.33. The highest BCUT2D eigenvalue weighted by Crippen LogP contribution is 2.22. The average Bonchev–Trinajstić information content (AvgIpc) is 3.13. The maximum atomic E-state index is 5.27. The number of hydrogen-bond donors (Lipinski definition) is 2. The van der Waals surface area contributed by atoms with Crippen molar-refractivity contribution in [3.05, 3.63) is 36.5 Å². The topological polar surface area (TPSA) is 37.0 Å². The maximum Gasteiger partial charge on any atom is 0.171 e. The average molecular weight is 243 g/mol. The number of thiocarbonyl (C=S) groups is 1. The van der Waals surface area contributed by atoms with Crippen LogP contribution in [0.2, 0.25) is 0 Å². The molecule has 1 saturated carbocycles. The van der Waals surface area contributed by atoms with Crippen LogP contribution in [0.5, 0.6) is 0 Å². The van der Waals surface area contributed by atoms with Crippen LogP contribution in [-0.2, 0) is 0 Å². The second kappa shape index (κ2) is 4.30. The van der Waals surface area contributed by atoms with E-state index in [0.717, 1.165) is 16.6 Å². The van der Waals surface area contributed by atoms with Crippen molar-refractivity contribution in [2.45, 2.75) is 18.9 Å². The minimum absolute atomic E-state index is 0.572. The number of pyridine rings is 1. The van der Waals surface area contributed by atoms with E-state index in [0.29, 0.717) is 11.2 Å². The Morgan fingerprint density at radius 3 is 2.94 bits per heavy atom. The van der Waals surface area contributed by atoms with Crippen LogP contribution < -0.4 is 10.6 Å². The summed E-state index contributed by atoms with van der Waals surface area (Å²) in [5.74, 6) is 0. The molecule has 0 spiro atoms. The summed E-state index contributed by atoms with van der Waals surface area (Å²) < 4.78 is 0. The Morgan fingerprint density at radius 1 is 1.24 bits per heavy atom. The lowest BCUT2D eigenvalue weighted by atomic mass is 10.2. The van der Waals surface area contributed by atoms with Crippen LogP contribution in [0, 0.1) is 0 Å². The monoisotopic (exact) mass is 243 g/mol. The normalized spacial score (nSPS) is 14.6. The zero-order valence-corrected chi connectivity index (χ0v) is 10.1. The molecule has 1 aliphatic rings. The fourth-order valence-corrected chi connectivity index (χ4v) is 2.06. The number of aromatic nitrogens is 1. The van der Waals surface area contributed by atoms with E-state index in [4.69, 9.17) is 12.2 Å². The van der Waals surface area contributed by atoms with Gasteiger partial charge in [0.25, 0.3) is 0 Å². The van der Waals surface area contributed by atoms with Gasteiger partial charge in [-0.3, -0.25) is 4.98 Å². The second-order valence-electron chi connectivity index (χ2n) is 4.25. The zero-order valence-electron chi connectivity index (χ0n) is 9.31. The van der Waals surface area contributed by atoms with Crippen LogP contribution >= 0.6 is 12.2 Å². The summed E-state index contributed by atoms with van der Waals surface area (Å²) in [5.41, 5.74) is 1.99. The van der Waals surface area contributed by atoms with Crippen molar-refractivity contribution < 1.29 is 0 Å². The molecule has 1 aromatic carbocycles. The minimum Gasteiger partial charge on any atom is -0.360 e. The third kappa shape index (κ3) is 2.36. The van der Waals surface area contributed by atoms with Gasteiger partial charge in [-0.2, -0.15) is 0 Å². The van der Waals surface area contributed by atoms with Crippen LogP contribution in [-0.4, -0.2) is 16.1 Å². The Morgan fingerprint density at radius 2 is 2.12 bits per heavy atom. The molecule has 3 nitrogen and oxygen atoms in total. The van der Waals surface area contributed by atoms with Crippen molar-refractivity contribution in [3.63, 3.8) is 0 Å². The molecular formula is C13H13N3S. The minimum atomic E-state index is 0.572. The predicted molar refractivity (Wildman–Crippen MR) is 74.1 cm³/mol. The third-order valence-corrected chi connectivity index (χ3v) is 3.03. The molecule has 0 saturated heterocycles. The SMILES string of the molecule is S=C(Nc1cccc2ncccc12)NC1CC1. The van der Waals surface area contributed by atoms with E-state index in [1.165, 1.54) is 12.8 Å². The molecule has 86 valence electrons. The van der Waals surface area contributed by atoms with Crippen LogP contribution in [0.1, 0.15) is 12.8 Å². The van der Waals surface area contributed by atoms with Gasteiger partial charge in [0.1, 0.15) is 0 Å². The van der Waals surface area contributed by atoms with Crippen LogP contribution in [0.4, 0.5) is 5.69 Å². The molecular weight excluding hydrogens is 230 g/mol. The summed E-state index contributed by atoms with van der Waals surface area (Å²) in [6.07, 6.45) is 4.24. The molecule has 4 heteroatoms. The predicted octanol–water partition coefficient (Wildman–Crippen LogP) is 2.68. The second-order valence-corrected chi connectivity index (χ2v) is 4.66. The molecule has 0 radical (unpaired) electrons. The van der Waals surface area contributed by atoms with E-state index in [-0.39, 0.29) is 0 Å². The van der Waals surface area contributed by atoms with E-state index in [1.807, 2.05) is 30.3 Å². The highest BCUT2D eigenvalue weighted by molar-refractivity contribution is 7.80. The number of hydrogen-bond acceptors (Lipinski definition) is 2. The van der Waals surface area contributed by atoms with Crippen molar-refractivity contribution in [2.24, 2.45) is 0 Å². The van der Waals surface area contributed by atoms with Gasteiger partial charge in [0, 0.05) is 23.3 Å². The Balaban J connectivity index is 1.86. The van der Waals surface area contributed by atoms with E-state index < -0.39 is 0 Å². The van der Waals surface area contributed by atoms with Crippen LogP contribution in [0.15, 0.2) is 36.5 Å². The molecule has 2 N–H and O–H groups in total. The van der Waals surface area contributed by atoms with Crippen molar-refractivity contribution in [1.29, 1.82) is 0 Å². The van der Waals surface area contributed by atoms with Gasteiger partial charge in [0.05, 0.1) is 5.52 Å². The smallest absolute Gasteiger partial charge is 0.171 e. The Bertz CT molecular complexity index is 558. The highest BCUT2D eigenvalue weighted by Gasteiger charge is 2.21. The number of fused-ring (bicyclic) bond motifs is 1. The summed E-state index contributed by atoms with van der Waals surface area (Å²) in [6, 6.07) is 10.6. The van der Waals surface area contributed by atoms with Gasteiger partial charge in [-0.1, -0.05) is 6.07 Å². The van der Waals surface area contributed by atoms with E-state index in [1.54, 1.807) is 6.20 Å². The lowest BCUT2D eigenvalue weighted by Gasteiger charge is -2.11. The quantitative estimate of drug-likeness (QED) is 0.795. The summed E-state index contributed by atoms with van der Waals surface area (Å²) in [4.78, 5) is 4.32.